The van der Waals surface area contributed by atoms with E-state index in [0.717, 1.165) is 101 Å². The van der Waals surface area contributed by atoms with Crippen LogP contribution >= 0.6 is 18.7 Å². The summed E-state index contributed by atoms with van der Waals surface area (Å²) in [5.74, 6) is 0.644. The molecule has 368 valence electrons. The molecule has 0 radical (unpaired) electrons. The Hall–Kier alpha value is -4.92. The van der Waals surface area contributed by atoms with Crippen molar-refractivity contribution < 1.29 is 28.1 Å². The minimum atomic E-state index is -2.55. The molecule has 1 unspecified atom stereocenters. The molecule has 3 aromatic rings. The first-order chi connectivity index (χ1) is 32.8. The standard InChI is InChI=1S/C51H70ClFN9O5P/c1-7-15-44(50(65)55-35-64)59(3)33-40-38(34-63)20-19-37(48(40)53)16-11-10-14-23-60-26-28-61(29-27-60)39-21-24-62(25-22-39)45-31-46(67-4)43(30-36(45)8-2)57-51-54-32-41(52)49(58-51)56-42-17-12-9-13-18-47(42)68(5,6)66/h9,12-13,17,19-20,30-32,34-35,39,44H,7-8,10-11,14-16,18,21-29,33H2,1-6H3,(H,55,64,65)(H2,54,56,57,58). The summed E-state index contributed by atoms with van der Waals surface area (Å²) in [5, 5.41) is 10.1. The molecular formula is C51H70ClFN9O5P. The van der Waals surface area contributed by atoms with Crippen LogP contribution in [0.2, 0.25) is 5.02 Å². The van der Waals surface area contributed by atoms with Crippen LogP contribution < -0.4 is 25.6 Å². The van der Waals surface area contributed by atoms with E-state index in [1.165, 1.54) is 11.3 Å². The average Bonchev–Trinajstić information content (AvgIpc) is 3.59. The Morgan fingerprint density at radius 2 is 1.79 bits per heavy atom. The summed E-state index contributed by atoms with van der Waals surface area (Å²) < 4.78 is 34.9. The molecule has 1 atom stereocenters. The van der Waals surface area contributed by atoms with Gasteiger partial charge in [0.2, 0.25) is 18.3 Å². The number of hydrogen-bond donors (Lipinski definition) is 3. The molecule has 0 saturated carbocycles. The monoisotopic (exact) mass is 973 g/mol. The first-order valence-corrected chi connectivity index (χ1v) is 27.1. The third kappa shape index (κ3) is 13.7. The average molecular weight is 975 g/mol. The number of carbonyl (C=O) groups is 3. The van der Waals surface area contributed by atoms with Crippen molar-refractivity contribution in [1.82, 2.24) is 30.0 Å². The number of amides is 2. The van der Waals surface area contributed by atoms with Crippen molar-refractivity contribution >= 4 is 60.5 Å². The molecule has 3 N–H and O–H groups in total. The number of allylic oxidation sites excluding steroid dienone is 5. The van der Waals surface area contributed by atoms with Crippen LogP contribution in [0.25, 0.3) is 0 Å². The number of aryl methyl sites for hydroxylation is 2. The van der Waals surface area contributed by atoms with Gasteiger partial charge in [-0.05, 0) is 102 Å². The molecule has 68 heavy (non-hydrogen) atoms. The molecule has 2 aromatic carbocycles. The van der Waals surface area contributed by atoms with Crippen molar-refractivity contribution in [2.24, 2.45) is 0 Å². The van der Waals surface area contributed by atoms with Crippen molar-refractivity contribution in [2.75, 3.05) is 88.8 Å². The van der Waals surface area contributed by atoms with Gasteiger partial charge < -0.3 is 29.7 Å². The number of methoxy groups -OCH3 is 1. The predicted molar refractivity (Wildman–Crippen MR) is 273 cm³/mol. The van der Waals surface area contributed by atoms with Crippen LogP contribution in [0.15, 0.2) is 65.8 Å². The highest BCUT2D eigenvalue weighted by atomic mass is 35.5. The van der Waals surface area contributed by atoms with Crippen molar-refractivity contribution in [1.29, 1.82) is 0 Å². The van der Waals surface area contributed by atoms with Crippen LogP contribution in [-0.4, -0.2) is 129 Å². The number of aromatic nitrogens is 2. The number of nitrogens with one attached hydrogen (secondary N) is 3. The summed E-state index contributed by atoms with van der Waals surface area (Å²) in [5.41, 5.74) is 5.01. The fourth-order valence-corrected chi connectivity index (χ4v) is 11.0. The number of halogens is 2. The van der Waals surface area contributed by atoms with E-state index >= 15 is 4.39 Å². The van der Waals surface area contributed by atoms with E-state index in [2.05, 4.69) is 54.7 Å². The number of hydrogen-bond acceptors (Lipinski definition) is 13. The molecule has 2 fully saturated rings. The number of ether oxygens (including phenoxy) is 1. The fourth-order valence-electron chi connectivity index (χ4n) is 9.60. The Labute approximate surface area is 407 Å². The Morgan fingerprint density at radius 3 is 2.47 bits per heavy atom. The number of piperidine rings is 1. The Kier molecular flexibility index (Phi) is 19.4. The molecule has 17 heteroatoms. The lowest BCUT2D eigenvalue weighted by atomic mass is 9.98. The van der Waals surface area contributed by atoms with E-state index in [4.69, 9.17) is 21.3 Å². The van der Waals surface area contributed by atoms with Gasteiger partial charge in [0.15, 0.2) is 5.82 Å². The zero-order valence-corrected chi connectivity index (χ0v) is 42.3. The number of likely N-dealkylation sites (N-methyl/N-ethyl adjacent to an activating group) is 1. The highest BCUT2D eigenvalue weighted by Gasteiger charge is 2.30. The van der Waals surface area contributed by atoms with Gasteiger partial charge in [-0.2, -0.15) is 4.98 Å². The van der Waals surface area contributed by atoms with Crippen LogP contribution in [0.3, 0.4) is 0 Å². The van der Waals surface area contributed by atoms with Gasteiger partial charge in [-0.15, -0.1) is 0 Å². The van der Waals surface area contributed by atoms with Gasteiger partial charge in [0.1, 0.15) is 30.0 Å². The SMILES string of the molecule is CCCC(C(=O)NC=O)N(C)Cc1c(C=O)ccc(CCCCCN2CCN(C3CCN(c4cc(OC)c(Nc5ncc(Cl)c(NC6=C(P(C)(C)=O)CC=CC=C6)n5)cc4CC)CC3)CC2)c1F. The summed E-state index contributed by atoms with van der Waals surface area (Å²) >= 11 is 6.58. The van der Waals surface area contributed by atoms with E-state index in [-0.39, 0.29) is 23.5 Å². The van der Waals surface area contributed by atoms with Crippen LogP contribution in [0.1, 0.15) is 92.3 Å². The van der Waals surface area contributed by atoms with E-state index in [1.807, 2.05) is 31.2 Å². The highest BCUT2D eigenvalue weighted by Crippen LogP contribution is 2.50. The highest BCUT2D eigenvalue weighted by molar-refractivity contribution is 7.66. The van der Waals surface area contributed by atoms with E-state index in [9.17, 15) is 18.9 Å². The number of benzene rings is 2. The van der Waals surface area contributed by atoms with Crippen molar-refractivity contribution in [3.8, 4) is 5.75 Å². The number of unbranched alkanes of at least 4 members (excludes halogenated alkanes) is 2. The number of imide groups is 1. The maximum Gasteiger partial charge on any atom is 0.243 e. The lowest BCUT2D eigenvalue weighted by Gasteiger charge is -2.43. The van der Waals surface area contributed by atoms with Crippen LogP contribution in [-0.2, 0) is 33.5 Å². The number of nitrogens with zero attached hydrogens (tertiary/aromatic N) is 6. The molecule has 2 amide bonds. The molecule has 1 aliphatic carbocycles. The van der Waals surface area contributed by atoms with E-state index in [0.29, 0.717) is 72.5 Å². The van der Waals surface area contributed by atoms with Crippen molar-refractivity contribution in [3.05, 3.63) is 98.9 Å². The van der Waals surface area contributed by atoms with Crippen LogP contribution in [0.5, 0.6) is 5.75 Å². The molecular weight excluding hydrogens is 904 g/mol. The second-order valence-corrected chi connectivity index (χ2v) is 22.0. The van der Waals surface area contributed by atoms with Crippen LogP contribution in [0, 0.1) is 5.82 Å². The third-order valence-electron chi connectivity index (χ3n) is 13.4. The maximum absolute atomic E-state index is 15.9. The Balaban J connectivity index is 0.967. The lowest BCUT2D eigenvalue weighted by Crippen LogP contribution is -2.53. The topological polar surface area (TPSA) is 152 Å². The minimum absolute atomic E-state index is 0.0866. The predicted octanol–water partition coefficient (Wildman–Crippen LogP) is 9.03. The quantitative estimate of drug-likeness (QED) is 0.0471. The lowest BCUT2D eigenvalue weighted by molar-refractivity contribution is -0.129. The second-order valence-electron chi connectivity index (χ2n) is 18.4. The normalized spacial score (nSPS) is 16.8. The summed E-state index contributed by atoms with van der Waals surface area (Å²) in [6, 6.07) is 7.56. The van der Waals surface area contributed by atoms with Gasteiger partial charge in [0.25, 0.3) is 0 Å². The summed E-state index contributed by atoms with van der Waals surface area (Å²) in [7, 11) is 0.834. The fraction of sp³-hybridized carbons (Fsp3) is 0.510. The first kappa shape index (κ1) is 52.5. The second kappa shape index (κ2) is 25.1. The van der Waals surface area contributed by atoms with E-state index in [1.54, 1.807) is 50.7 Å². The van der Waals surface area contributed by atoms with Crippen molar-refractivity contribution in [3.63, 3.8) is 0 Å². The van der Waals surface area contributed by atoms with E-state index < -0.39 is 19.1 Å². The van der Waals surface area contributed by atoms with Gasteiger partial charge >= 0.3 is 0 Å². The largest absolute Gasteiger partial charge is 0.494 e. The number of anilines is 4. The number of piperazine rings is 1. The zero-order chi connectivity index (χ0) is 48.8. The summed E-state index contributed by atoms with van der Waals surface area (Å²) in [6.45, 7) is 14.8. The molecule has 1 aromatic heterocycles. The van der Waals surface area contributed by atoms with Gasteiger partial charge in [-0.3, -0.25) is 29.5 Å². The number of rotatable bonds is 23. The van der Waals surface area contributed by atoms with Gasteiger partial charge in [-0.25, -0.2) is 9.37 Å². The Morgan fingerprint density at radius 1 is 1.03 bits per heavy atom. The van der Waals surface area contributed by atoms with Gasteiger partial charge in [0, 0.05) is 85.7 Å². The van der Waals surface area contributed by atoms with Gasteiger partial charge in [-0.1, -0.05) is 68.7 Å². The molecule has 14 nitrogen and oxygen atoms in total. The molecule has 3 heterocycles. The molecule has 2 saturated heterocycles. The third-order valence-corrected chi connectivity index (χ3v) is 15.4. The number of aldehydes is 1. The molecule has 6 rings (SSSR count). The van der Waals surface area contributed by atoms with Crippen molar-refractivity contribution in [2.45, 2.75) is 96.7 Å². The molecule has 0 bridgehead atoms. The summed E-state index contributed by atoms with van der Waals surface area (Å²) in [4.78, 5) is 53.9. The smallest absolute Gasteiger partial charge is 0.243 e. The van der Waals surface area contributed by atoms with Gasteiger partial charge in [0.05, 0.1) is 25.0 Å². The minimum Gasteiger partial charge on any atom is -0.494 e. The first-order valence-electron chi connectivity index (χ1n) is 24.1. The molecule has 2 aliphatic heterocycles. The zero-order valence-electron chi connectivity index (χ0n) is 40.7. The Bertz CT molecular complexity index is 2380. The molecule has 0 spiro atoms. The number of carbonyl (C=O) groups excluding carboxylic acids is 3. The maximum atomic E-state index is 15.9. The molecule has 3 aliphatic rings. The van der Waals surface area contributed by atoms with Crippen LogP contribution in [0.4, 0.5) is 27.5 Å². The summed E-state index contributed by atoms with van der Waals surface area (Å²) in [6.07, 6.45) is 18.5.